The van der Waals surface area contributed by atoms with E-state index >= 15 is 0 Å². The standard InChI is InChI=1S/C14H19F2N/c1-2-6-17-10-14(4-3-5-14)11-7-12(15)9-13(16)8-11/h7-9,17H,2-6,10H2,1H3. The van der Waals surface area contributed by atoms with Crippen molar-refractivity contribution >= 4 is 0 Å². The molecule has 0 aromatic heterocycles. The minimum atomic E-state index is -0.471. The minimum Gasteiger partial charge on any atom is -0.316 e. The molecule has 0 unspecified atom stereocenters. The average molecular weight is 239 g/mol. The Bertz CT molecular complexity index is 366. The van der Waals surface area contributed by atoms with Crippen LogP contribution in [0.5, 0.6) is 0 Å². The SMILES string of the molecule is CCCNCC1(c2cc(F)cc(F)c2)CCC1. The molecule has 0 bridgehead atoms. The first-order chi connectivity index (χ1) is 8.16. The fourth-order valence-electron chi connectivity index (χ4n) is 2.54. The maximum Gasteiger partial charge on any atom is 0.126 e. The third-order valence-electron chi connectivity index (χ3n) is 3.68. The topological polar surface area (TPSA) is 12.0 Å². The van der Waals surface area contributed by atoms with E-state index in [4.69, 9.17) is 0 Å². The summed E-state index contributed by atoms with van der Waals surface area (Å²) < 4.78 is 26.5. The first-order valence-electron chi connectivity index (χ1n) is 6.33. The van der Waals surface area contributed by atoms with Gasteiger partial charge in [0, 0.05) is 18.0 Å². The van der Waals surface area contributed by atoms with Crippen molar-refractivity contribution in [3.63, 3.8) is 0 Å². The summed E-state index contributed by atoms with van der Waals surface area (Å²) in [4.78, 5) is 0. The number of benzene rings is 1. The summed E-state index contributed by atoms with van der Waals surface area (Å²) in [5.41, 5.74) is 0.767. The molecule has 1 aromatic carbocycles. The van der Waals surface area contributed by atoms with Gasteiger partial charge in [0.15, 0.2) is 0 Å². The Labute approximate surface area is 101 Å². The maximum absolute atomic E-state index is 13.2. The third kappa shape index (κ3) is 2.65. The van der Waals surface area contributed by atoms with Crippen molar-refractivity contribution in [1.29, 1.82) is 0 Å². The van der Waals surface area contributed by atoms with E-state index in [2.05, 4.69) is 12.2 Å². The molecule has 1 saturated carbocycles. The molecule has 3 heteroatoms. The Hall–Kier alpha value is -0.960. The zero-order valence-electron chi connectivity index (χ0n) is 10.2. The fourth-order valence-corrected chi connectivity index (χ4v) is 2.54. The van der Waals surface area contributed by atoms with E-state index in [-0.39, 0.29) is 5.41 Å². The highest BCUT2D eigenvalue weighted by Gasteiger charge is 2.38. The highest BCUT2D eigenvalue weighted by Crippen LogP contribution is 2.43. The Kier molecular flexibility index (Phi) is 3.77. The lowest BCUT2D eigenvalue weighted by molar-refractivity contribution is 0.232. The summed E-state index contributed by atoms with van der Waals surface area (Å²) in [5, 5.41) is 3.37. The molecular formula is C14H19F2N. The van der Waals surface area contributed by atoms with Crippen LogP contribution in [-0.4, -0.2) is 13.1 Å². The quantitative estimate of drug-likeness (QED) is 0.777. The highest BCUT2D eigenvalue weighted by atomic mass is 19.1. The Morgan fingerprint density at radius 3 is 2.29 bits per heavy atom. The van der Waals surface area contributed by atoms with E-state index < -0.39 is 11.6 Å². The number of nitrogens with one attached hydrogen (secondary N) is 1. The third-order valence-corrected chi connectivity index (χ3v) is 3.68. The molecule has 1 fully saturated rings. The van der Waals surface area contributed by atoms with Crippen molar-refractivity contribution in [2.45, 2.75) is 38.0 Å². The lowest BCUT2D eigenvalue weighted by Gasteiger charge is -2.43. The monoisotopic (exact) mass is 239 g/mol. The van der Waals surface area contributed by atoms with Gasteiger partial charge in [-0.05, 0) is 43.5 Å². The largest absolute Gasteiger partial charge is 0.316 e. The first-order valence-corrected chi connectivity index (χ1v) is 6.33. The number of halogens is 2. The lowest BCUT2D eigenvalue weighted by atomic mass is 9.64. The van der Waals surface area contributed by atoms with Crippen molar-refractivity contribution in [1.82, 2.24) is 5.32 Å². The van der Waals surface area contributed by atoms with E-state index in [0.717, 1.165) is 50.4 Å². The molecule has 0 radical (unpaired) electrons. The van der Waals surface area contributed by atoms with Crippen LogP contribution in [-0.2, 0) is 5.41 Å². The molecule has 0 spiro atoms. The van der Waals surface area contributed by atoms with Gasteiger partial charge in [-0.25, -0.2) is 8.78 Å². The number of rotatable bonds is 5. The van der Waals surface area contributed by atoms with Crippen molar-refractivity contribution in [3.8, 4) is 0 Å². The van der Waals surface area contributed by atoms with Gasteiger partial charge in [-0.2, -0.15) is 0 Å². The molecule has 1 aliphatic carbocycles. The van der Waals surface area contributed by atoms with Crippen LogP contribution < -0.4 is 5.32 Å². The molecule has 0 atom stereocenters. The molecule has 94 valence electrons. The van der Waals surface area contributed by atoms with E-state index in [0.29, 0.717) is 0 Å². The normalized spacial score (nSPS) is 17.8. The molecule has 1 nitrogen and oxygen atoms in total. The predicted molar refractivity (Wildman–Crippen MR) is 65.0 cm³/mol. The molecule has 1 aliphatic rings. The van der Waals surface area contributed by atoms with Crippen LogP contribution in [0.15, 0.2) is 18.2 Å². The second-order valence-electron chi connectivity index (χ2n) is 4.97. The van der Waals surface area contributed by atoms with E-state index in [1.807, 2.05) is 0 Å². The van der Waals surface area contributed by atoms with E-state index in [9.17, 15) is 8.78 Å². The second kappa shape index (κ2) is 5.13. The molecule has 0 saturated heterocycles. The van der Waals surface area contributed by atoms with Gasteiger partial charge in [-0.15, -0.1) is 0 Å². The molecule has 17 heavy (non-hydrogen) atoms. The van der Waals surface area contributed by atoms with Gasteiger partial charge in [0.2, 0.25) is 0 Å². The van der Waals surface area contributed by atoms with Gasteiger partial charge < -0.3 is 5.32 Å². The zero-order valence-corrected chi connectivity index (χ0v) is 10.2. The smallest absolute Gasteiger partial charge is 0.126 e. The summed E-state index contributed by atoms with van der Waals surface area (Å²) in [5.74, 6) is -0.941. The predicted octanol–water partition coefficient (Wildman–Crippen LogP) is 3.39. The van der Waals surface area contributed by atoms with Crippen LogP contribution in [0.2, 0.25) is 0 Å². The van der Waals surface area contributed by atoms with Crippen LogP contribution in [0.3, 0.4) is 0 Å². The summed E-state index contributed by atoms with van der Waals surface area (Å²) in [6.07, 6.45) is 4.26. The summed E-state index contributed by atoms with van der Waals surface area (Å²) >= 11 is 0. The van der Waals surface area contributed by atoms with Gasteiger partial charge >= 0.3 is 0 Å². The van der Waals surface area contributed by atoms with E-state index in [1.54, 1.807) is 0 Å². The lowest BCUT2D eigenvalue weighted by Crippen LogP contribution is -2.44. The minimum absolute atomic E-state index is 0.0435. The highest BCUT2D eigenvalue weighted by molar-refractivity contribution is 5.30. The molecule has 2 rings (SSSR count). The molecule has 1 aromatic rings. The molecule has 0 amide bonds. The molecular weight excluding hydrogens is 220 g/mol. The fraction of sp³-hybridized carbons (Fsp3) is 0.571. The van der Waals surface area contributed by atoms with E-state index in [1.165, 1.54) is 12.1 Å². The van der Waals surface area contributed by atoms with Gasteiger partial charge in [0.1, 0.15) is 11.6 Å². The Balaban J connectivity index is 2.16. The van der Waals surface area contributed by atoms with Crippen LogP contribution in [0, 0.1) is 11.6 Å². The van der Waals surface area contributed by atoms with Crippen LogP contribution in [0.25, 0.3) is 0 Å². The summed E-state index contributed by atoms with van der Waals surface area (Å²) in [7, 11) is 0. The summed E-state index contributed by atoms with van der Waals surface area (Å²) in [6, 6.07) is 3.90. The van der Waals surface area contributed by atoms with Crippen molar-refractivity contribution in [3.05, 3.63) is 35.4 Å². The molecule has 0 heterocycles. The van der Waals surface area contributed by atoms with Gasteiger partial charge in [-0.3, -0.25) is 0 Å². The maximum atomic E-state index is 13.2. The van der Waals surface area contributed by atoms with Crippen LogP contribution in [0.1, 0.15) is 38.2 Å². The number of hydrogen-bond donors (Lipinski definition) is 1. The zero-order chi connectivity index (χ0) is 12.3. The van der Waals surface area contributed by atoms with Crippen LogP contribution in [0.4, 0.5) is 8.78 Å². The molecule has 0 aliphatic heterocycles. The summed E-state index contributed by atoms with van der Waals surface area (Å²) in [6.45, 7) is 3.89. The van der Waals surface area contributed by atoms with Crippen LogP contribution >= 0.6 is 0 Å². The number of hydrogen-bond acceptors (Lipinski definition) is 1. The first kappa shape index (κ1) is 12.5. The van der Waals surface area contributed by atoms with Crippen molar-refractivity contribution < 1.29 is 8.78 Å². The van der Waals surface area contributed by atoms with Gasteiger partial charge in [-0.1, -0.05) is 13.3 Å². The second-order valence-corrected chi connectivity index (χ2v) is 4.97. The van der Waals surface area contributed by atoms with Gasteiger partial charge in [0.25, 0.3) is 0 Å². The molecule has 1 N–H and O–H groups in total. The Morgan fingerprint density at radius 2 is 1.82 bits per heavy atom. The Morgan fingerprint density at radius 1 is 1.18 bits per heavy atom. The van der Waals surface area contributed by atoms with Gasteiger partial charge in [0.05, 0.1) is 0 Å². The van der Waals surface area contributed by atoms with Crippen molar-refractivity contribution in [2.24, 2.45) is 0 Å². The van der Waals surface area contributed by atoms with Crippen molar-refractivity contribution in [2.75, 3.05) is 13.1 Å². The average Bonchev–Trinajstić information content (AvgIpc) is 2.20.